The van der Waals surface area contributed by atoms with Gasteiger partial charge in [-0.2, -0.15) is 0 Å². The van der Waals surface area contributed by atoms with Crippen LogP contribution in [0, 0.1) is 0 Å². The standard InChI is InChI=1S/C16H23NO5/c1-17-4-5-19-6-7-20-8-9-21-10-11-22-16-12-14(13-18)2-3-15(16)17/h2-3,12-13H,4-11H2,1H3. The summed E-state index contributed by atoms with van der Waals surface area (Å²) in [5, 5.41) is 0. The maximum Gasteiger partial charge on any atom is 0.150 e. The second-order valence-electron chi connectivity index (χ2n) is 4.95. The minimum atomic E-state index is 0.430. The molecule has 0 unspecified atom stereocenters. The van der Waals surface area contributed by atoms with Crippen molar-refractivity contribution >= 4 is 12.0 Å². The molecule has 6 nitrogen and oxygen atoms in total. The van der Waals surface area contributed by atoms with E-state index in [1.165, 1.54) is 0 Å². The van der Waals surface area contributed by atoms with E-state index >= 15 is 0 Å². The Kier molecular flexibility index (Phi) is 7.15. The number of ether oxygens (including phenoxy) is 4. The number of fused-ring (bicyclic) bond motifs is 1. The monoisotopic (exact) mass is 309 g/mol. The lowest BCUT2D eigenvalue weighted by Crippen LogP contribution is -2.24. The predicted octanol–water partition coefficient (Wildman–Crippen LogP) is 1.38. The summed E-state index contributed by atoms with van der Waals surface area (Å²) in [4.78, 5) is 13.0. The molecule has 1 aromatic carbocycles. The summed E-state index contributed by atoms with van der Waals surface area (Å²) in [6, 6.07) is 5.42. The molecule has 0 saturated carbocycles. The Balaban J connectivity index is 2.07. The smallest absolute Gasteiger partial charge is 0.150 e. The van der Waals surface area contributed by atoms with E-state index in [0.717, 1.165) is 18.5 Å². The largest absolute Gasteiger partial charge is 0.489 e. The van der Waals surface area contributed by atoms with Gasteiger partial charge in [0.05, 0.1) is 45.3 Å². The highest BCUT2D eigenvalue weighted by Gasteiger charge is 2.10. The van der Waals surface area contributed by atoms with E-state index in [-0.39, 0.29) is 0 Å². The molecule has 1 aromatic rings. The lowest BCUT2D eigenvalue weighted by molar-refractivity contribution is 0.0111. The van der Waals surface area contributed by atoms with Crippen LogP contribution in [0.2, 0.25) is 0 Å². The van der Waals surface area contributed by atoms with E-state index in [1.807, 2.05) is 18.0 Å². The molecule has 0 fully saturated rings. The van der Waals surface area contributed by atoms with Crippen LogP contribution in [-0.2, 0) is 14.2 Å². The van der Waals surface area contributed by atoms with Crippen LogP contribution < -0.4 is 9.64 Å². The summed E-state index contributed by atoms with van der Waals surface area (Å²) in [5.74, 6) is 0.682. The van der Waals surface area contributed by atoms with Crippen LogP contribution in [0.25, 0.3) is 0 Å². The number of anilines is 1. The first-order valence-electron chi connectivity index (χ1n) is 7.47. The van der Waals surface area contributed by atoms with Crippen molar-refractivity contribution in [3.05, 3.63) is 23.8 Å². The molecule has 1 aliphatic rings. The first-order valence-corrected chi connectivity index (χ1v) is 7.47. The fourth-order valence-electron chi connectivity index (χ4n) is 2.11. The minimum Gasteiger partial charge on any atom is -0.489 e. The molecule has 2 rings (SSSR count). The molecule has 1 aliphatic heterocycles. The molecule has 0 bridgehead atoms. The topological polar surface area (TPSA) is 57.2 Å². The van der Waals surface area contributed by atoms with Crippen LogP contribution in [0.3, 0.4) is 0 Å². The summed E-state index contributed by atoms with van der Waals surface area (Å²) in [6.07, 6.45) is 0.816. The van der Waals surface area contributed by atoms with Crippen molar-refractivity contribution in [1.29, 1.82) is 0 Å². The molecule has 0 atom stereocenters. The average molecular weight is 309 g/mol. The molecule has 0 amide bonds. The van der Waals surface area contributed by atoms with Gasteiger partial charge in [0.1, 0.15) is 18.6 Å². The summed E-state index contributed by atoms with van der Waals surface area (Å²) in [5.41, 5.74) is 1.52. The molecule has 0 spiro atoms. The predicted molar refractivity (Wildman–Crippen MR) is 83.1 cm³/mol. The fourth-order valence-corrected chi connectivity index (χ4v) is 2.11. The Bertz CT molecular complexity index is 466. The zero-order valence-corrected chi connectivity index (χ0v) is 13.0. The molecule has 0 N–H and O–H groups in total. The molecular formula is C16H23NO5. The first-order chi connectivity index (χ1) is 10.8. The SMILES string of the molecule is CN1CCOCCOCCOCCOc2cc(C=O)ccc21. The van der Waals surface area contributed by atoms with Crippen LogP contribution in [0.4, 0.5) is 5.69 Å². The van der Waals surface area contributed by atoms with E-state index in [4.69, 9.17) is 18.9 Å². The van der Waals surface area contributed by atoms with Gasteiger partial charge in [-0.3, -0.25) is 4.79 Å². The summed E-state index contributed by atoms with van der Waals surface area (Å²) < 4.78 is 22.1. The van der Waals surface area contributed by atoms with E-state index in [9.17, 15) is 4.79 Å². The van der Waals surface area contributed by atoms with Gasteiger partial charge in [-0.05, 0) is 18.2 Å². The molecule has 122 valence electrons. The molecule has 1 heterocycles. The Morgan fingerprint density at radius 1 is 0.955 bits per heavy atom. The van der Waals surface area contributed by atoms with Gasteiger partial charge in [0, 0.05) is 19.2 Å². The third kappa shape index (κ3) is 5.29. The molecule has 0 radical (unpaired) electrons. The first kappa shape index (κ1) is 16.7. The second kappa shape index (κ2) is 9.40. The molecule has 22 heavy (non-hydrogen) atoms. The van der Waals surface area contributed by atoms with Crippen molar-refractivity contribution in [2.75, 3.05) is 64.7 Å². The van der Waals surface area contributed by atoms with Crippen molar-refractivity contribution in [3.8, 4) is 5.75 Å². The zero-order valence-electron chi connectivity index (χ0n) is 13.0. The van der Waals surface area contributed by atoms with Crippen molar-refractivity contribution in [1.82, 2.24) is 0 Å². The number of hydrogen-bond donors (Lipinski definition) is 0. The highest BCUT2D eigenvalue weighted by molar-refractivity contribution is 5.78. The number of benzene rings is 1. The van der Waals surface area contributed by atoms with Gasteiger partial charge >= 0.3 is 0 Å². The van der Waals surface area contributed by atoms with E-state index in [0.29, 0.717) is 57.6 Å². The van der Waals surface area contributed by atoms with Crippen LogP contribution in [0.5, 0.6) is 5.75 Å². The third-order valence-electron chi connectivity index (χ3n) is 3.33. The van der Waals surface area contributed by atoms with Crippen molar-refractivity contribution < 1.29 is 23.7 Å². The molecule has 0 saturated heterocycles. The molecule has 6 heteroatoms. The fraction of sp³-hybridized carbons (Fsp3) is 0.562. The van der Waals surface area contributed by atoms with Gasteiger partial charge in [-0.1, -0.05) is 0 Å². The van der Waals surface area contributed by atoms with Crippen LogP contribution in [0.1, 0.15) is 10.4 Å². The van der Waals surface area contributed by atoms with Crippen molar-refractivity contribution in [2.45, 2.75) is 0 Å². The highest BCUT2D eigenvalue weighted by atomic mass is 16.6. The van der Waals surface area contributed by atoms with Gasteiger partial charge in [0.25, 0.3) is 0 Å². The lowest BCUT2D eigenvalue weighted by Gasteiger charge is -2.22. The Labute approximate surface area is 130 Å². The van der Waals surface area contributed by atoms with Gasteiger partial charge in [-0.25, -0.2) is 0 Å². The minimum absolute atomic E-state index is 0.430. The normalized spacial score (nSPS) is 18.5. The van der Waals surface area contributed by atoms with E-state index in [1.54, 1.807) is 12.1 Å². The maximum absolute atomic E-state index is 10.9. The number of likely N-dealkylation sites (N-methyl/N-ethyl adjacent to an activating group) is 1. The number of rotatable bonds is 1. The molecular weight excluding hydrogens is 286 g/mol. The summed E-state index contributed by atoms with van der Waals surface area (Å²) in [6.45, 7) is 4.47. The highest BCUT2D eigenvalue weighted by Crippen LogP contribution is 2.28. The molecule has 0 aliphatic carbocycles. The Hall–Kier alpha value is -1.63. The van der Waals surface area contributed by atoms with Crippen molar-refractivity contribution in [3.63, 3.8) is 0 Å². The Morgan fingerprint density at radius 3 is 2.27 bits per heavy atom. The lowest BCUT2D eigenvalue weighted by atomic mass is 10.2. The number of hydrogen-bond acceptors (Lipinski definition) is 6. The maximum atomic E-state index is 10.9. The van der Waals surface area contributed by atoms with Crippen LogP contribution in [-0.4, -0.2) is 66.1 Å². The van der Waals surface area contributed by atoms with Gasteiger partial charge < -0.3 is 23.8 Å². The average Bonchev–Trinajstić information content (AvgIpc) is 2.55. The number of nitrogens with zero attached hydrogens (tertiary/aromatic N) is 1. The summed E-state index contributed by atoms with van der Waals surface area (Å²) in [7, 11) is 1.97. The van der Waals surface area contributed by atoms with Gasteiger partial charge in [0.2, 0.25) is 0 Å². The van der Waals surface area contributed by atoms with Crippen LogP contribution in [0.15, 0.2) is 18.2 Å². The second-order valence-corrected chi connectivity index (χ2v) is 4.95. The quantitative estimate of drug-likeness (QED) is 0.731. The van der Waals surface area contributed by atoms with E-state index < -0.39 is 0 Å². The van der Waals surface area contributed by atoms with Gasteiger partial charge in [0.15, 0.2) is 0 Å². The number of carbonyl (C=O) groups is 1. The van der Waals surface area contributed by atoms with E-state index in [2.05, 4.69) is 0 Å². The Morgan fingerprint density at radius 2 is 1.59 bits per heavy atom. The number of carbonyl (C=O) groups excluding carboxylic acids is 1. The molecule has 0 aromatic heterocycles. The van der Waals surface area contributed by atoms with Crippen molar-refractivity contribution in [2.24, 2.45) is 0 Å². The summed E-state index contributed by atoms with van der Waals surface area (Å²) >= 11 is 0. The third-order valence-corrected chi connectivity index (χ3v) is 3.33. The van der Waals surface area contributed by atoms with Crippen LogP contribution >= 0.6 is 0 Å². The zero-order chi connectivity index (χ0) is 15.6. The number of aldehydes is 1. The van der Waals surface area contributed by atoms with Gasteiger partial charge in [-0.15, -0.1) is 0 Å².